The van der Waals surface area contributed by atoms with Gasteiger partial charge in [-0.25, -0.2) is 8.42 Å². The first-order valence-corrected chi connectivity index (χ1v) is 9.74. The molecule has 0 aliphatic heterocycles. The second-order valence-corrected chi connectivity index (χ2v) is 7.81. The fourth-order valence-electron chi connectivity index (χ4n) is 2.17. The van der Waals surface area contributed by atoms with E-state index in [1.165, 1.54) is 11.3 Å². The molecule has 0 spiro atoms. The lowest BCUT2D eigenvalue weighted by molar-refractivity contribution is 0.601. The van der Waals surface area contributed by atoms with E-state index < -0.39 is 10.0 Å². The number of hydrogen-bond acceptors (Lipinski definition) is 6. The minimum Gasteiger partial charge on any atom is -0.264 e. The van der Waals surface area contributed by atoms with Gasteiger partial charge in [0.15, 0.2) is 5.01 Å². The van der Waals surface area contributed by atoms with E-state index in [1.54, 1.807) is 30.6 Å². The Morgan fingerprint density at radius 3 is 2.58 bits per heavy atom. The van der Waals surface area contributed by atoms with Crippen molar-refractivity contribution in [3.8, 4) is 10.6 Å². The molecule has 24 heavy (non-hydrogen) atoms. The first kappa shape index (κ1) is 16.5. The van der Waals surface area contributed by atoms with Gasteiger partial charge in [-0.1, -0.05) is 36.8 Å². The minimum absolute atomic E-state index is 0.209. The first-order chi connectivity index (χ1) is 11.6. The maximum Gasteiger partial charge on any atom is 0.263 e. The molecule has 1 N–H and O–H groups in total. The summed E-state index contributed by atoms with van der Waals surface area (Å²) in [5.74, 6) is 0. The smallest absolute Gasteiger partial charge is 0.263 e. The molecule has 0 aliphatic carbocycles. The van der Waals surface area contributed by atoms with Crippen LogP contribution in [0.1, 0.15) is 18.9 Å². The fraction of sp³-hybridized carbons (Fsp3) is 0.188. The summed E-state index contributed by atoms with van der Waals surface area (Å²) < 4.78 is 27.3. The van der Waals surface area contributed by atoms with Crippen molar-refractivity contribution in [2.75, 3.05) is 4.72 Å². The number of anilines is 1. The molecule has 124 valence electrons. The molecule has 0 fully saturated rings. The number of nitrogens with zero attached hydrogens (tertiary/aromatic N) is 3. The largest absolute Gasteiger partial charge is 0.264 e. The van der Waals surface area contributed by atoms with Gasteiger partial charge >= 0.3 is 0 Å². The van der Waals surface area contributed by atoms with Crippen molar-refractivity contribution in [2.45, 2.75) is 24.7 Å². The number of nitrogens with one attached hydrogen (secondary N) is 1. The molecule has 0 bridgehead atoms. The molecular weight excluding hydrogens is 344 g/mol. The van der Waals surface area contributed by atoms with Gasteiger partial charge in [0.1, 0.15) is 0 Å². The Balaban J connectivity index is 1.78. The highest BCUT2D eigenvalue weighted by molar-refractivity contribution is 7.93. The molecule has 0 unspecified atom stereocenters. The summed E-state index contributed by atoms with van der Waals surface area (Å²) in [7, 11) is -3.67. The molecule has 1 aromatic carbocycles. The molecule has 0 radical (unpaired) electrons. The summed E-state index contributed by atoms with van der Waals surface area (Å²) in [6, 6.07) is 10.5. The van der Waals surface area contributed by atoms with E-state index in [2.05, 4.69) is 26.8 Å². The van der Waals surface area contributed by atoms with Crippen molar-refractivity contribution >= 4 is 26.5 Å². The summed E-state index contributed by atoms with van der Waals surface area (Å²) in [4.78, 5) is 4.22. The number of pyridine rings is 1. The Morgan fingerprint density at radius 2 is 1.92 bits per heavy atom. The van der Waals surface area contributed by atoms with Crippen LogP contribution in [0.5, 0.6) is 0 Å². The Bertz CT molecular complexity index is 907. The quantitative estimate of drug-likeness (QED) is 0.728. The van der Waals surface area contributed by atoms with Crippen LogP contribution in [0.4, 0.5) is 5.13 Å². The van der Waals surface area contributed by atoms with Gasteiger partial charge in [-0.15, -0.1) is 10.2 Å². The first-order valence-electron chi connectivity index (χ1n) is 7.44. The zero-order chi connectivity index (χ0) is 17.0. The predicted octanol–water partition coefficient (Wildman–Crippen LogP) is 3.35. The Kier molecular flexibility index (Phi) is 4.86. The zero-order valence-electron chi connectivity index (χ0n) is 13.0. The van der Waals surface area contributed by atoms with E-state index in [9.17, 15) is 8.42 Å². The van der Waals surface area contributed by atoms with Crippen LogP contribution in [0.25, 0.3) is 10.6 Å². The van der Waals surface area contributed by atoms with Crippen molar-refractivity contribution in [1.29, 1.82) is 0 Å². The van der Waals surface area contributed by atoms with E-state index in [0.717, 1.165) is 24.0 Å². The van der Waals surface area contributed by atoms with Crippen LogP contribution in [0, 0.1) is 0 Å². The normalized spacial score (nSPS) is 11.4. The lowest BCUT2D eigenvalue weighted by Gasteiger charge is -2.05. The lowest BCUT2D eigenvalue weighted by atomic mass is 10.1. The van der Waals surface area contributed by atoms with Crippen LogP contribution in [0.2, 0.25) is 0 Å². The van der Waals surface area contributed by atoms with Gasteiger partial charge in [0.2, 0.25) is 5.13 Å². The molecule has 3 rings (SSSR count). The van der Waals surface area contributed by atoms with Gasteiger partial charge in [-0.05, 0) is 36.2 Å². The van der Waals surface area contributed by atoms with Gasteiger partial charge in [0.05, 0.1) is 4.90 Å². The highest BCUT2D eigenvalue weighted by Crippen LogP contribution is 2.27. The molecule has 8 heteroatoms. The number of benzene rings is 1. The molecule has 0 saturated heterocycles. The maximum atomic E-state index is 12.4. The second-order valence-electron chi connectivity index (χ2n) is 5.15. The topological polar surface area (TPSA) is 84.8 Å². The number of aryl methyl sites for hydroxylation is 1. The highest BCUT2D eigenvalue weighted by Gasteiger charge is 2.17. The van der Waals surface area contributed by atoms with Gasteiger partial charge < -0.3 is 0 Å². The molecule has 6 nitrogen and oxygen atoms in total. The highest BCUT2D eigenvalue weighted by atomic mass is 32.2. The van der Waals surface area contributed by atoms with Crippen LogP contribution in [0.15, 0.2) is 53.7 Å². The van der Waals surface area contributed by atoms with Crippen LogP contribution >= 0.6 is 11.3 Å². The Hall–Kier alpha value is -2.32. The van der Waals surface area contributed by atoms with Crippen LogP contribution in [-0.4, -0.2) is 23.6 Å². The van der Waals surface area contributed by atoms with Crippen LogP contribution in [-0.2, 0) is 16.4 Å². The zero-order valence-corrected chi connectivity index (χ0v) is 14.6. The average Bonchev–Trinajstić information content (AvgIpc) is 3.04. The third-order valence-electron chi connectivity index (χ3n) is 3.33. The van der Waals surface area contributed by atoms with E-state index in [0.29, 0.717) is 5.01 Å². The van der Waals surface area contributed by atoms with Crippen LogP contribution in [0.3, 0.4) is 0 Å². The Labute approximate surface area is 144 Å². The van der Waals surface area contributed by atoms with Crippen molar-refractivity contribution in [1.82, 2.24) is 15.2 Å². The monoisotopic (exact) mass is 360 g/mol. The standard InChI is InChI=1S/C16H16N4O2S2/c1-2-4-12-6-8-14(9-7-12)24(21,22)20-16-19-18-15(23-16)13-5-3-10-17-11-13/h3,5-11H,2,4H2,1H3,(H,19,20). The number of hydrogen-bond donors (Lipinski definition) is 1. The molecule has 0 saturated carbocycles. The van der Waals surface area contributed by atoms with E-state index in [-0.39, 0.29) is 10.0 Å². The third kappa shape index (κ3) is 3.77. The van der Waals surface area contributed by atoms with Crippen molar-refractivity contribution < 1.29 is 8.42 Å². The fourth-order valence-corrected chi connectivity index (χ4v) is 4.13. The van der Waals surface area contributed by atoms with Gasteiger partial charge in [0, 0.05) is 18.0 Å². The molecule has 3 aromatic rings. The summed E-state index contributed by atoms with van der Waals surface area (Å²) in [6.07, 6.45) is 5.27. The minimum atomic E-state index is -3.67. The molecule has 0 aliphatic rings. The van der Waals surface area contributed by atoms with Crippen molar-refractivity contribution in [2.24, 2.45) is 0 Å². The summed E-state index contributed by atoms with van der Waals surface area (Å²) >= 11 is 1.17. The molecule has 2 aromatic heterocycles. The Morgan fingerprint density at radius 1 is 1.12 bits per heavy atom. The number of rotatable bonds is 6. The average molecular weight is 360 g/mol. The lowest BCUT2D eigenvalue weighted by Crippen LogP contribution is -2.12. The third-order valence-corrected chi connectivity index (χ3v) is 5.70. The van der Waals surface area contributed by atoms with E-state index in [1.807, 2.05) is 18.2 Å². The molecule has 0 amide bonds. The maximum absolute atomic E-state index is 12.4. The summed E-state index contributed by atoms with van der Waals surface area (Å²) in [6.45, 7) is 2.08. The van der Waals surface area contributed by atoms with Gasteiger partial charge in [-0.2, -0.15) is 0 Å². The number of sulfonamides is 1. The van der Waals surface area contributed by atoms with E-state index in [4.69, 9.17) is 0 Å². The van der Waals surface area contributed by atoms with Gasteiger partial charge in [0.25, 0.3) is 10.0 Å². The summed E-state index contributed by atoms with van der Waals surface area (Å²) in [5.41, 5.74) is 1.91. The summed E-state index contributed by atoms with van der Waals surface area (Å²) in [5, 5.41) is 8.74. The van der Waals surface area contributed by atoms with Crippen LogP contribution < -0.4 is 4.72 Å². The number of aromatic nitrogens is 3. The van der Waals surface area contributed by atoms with Crippen molar-refractivity contribution in [3.05, 3.63) is 54.4 Å². The molecular formula is C16H16N4O2S2. The molecule has 0 atom stereocenters. The van der Waals surface area contributed by atoms with E-state index >= 15 is 0 Å². The van der Waals surface area contributed by atoms with Crippen molar-refractivity contribution in [3.63, 3.8) is 0 Å². The second kappa shape index (κ2) is 7.06. The molecule has 2 heterocycles. The predicted molar refractivity (Wildman–Crippen MR) is 94.4 cm³/mol. The van der Waals surface area contributed by atoms with Gasteiger partial charge in [-0.3, -0.25) is 9.71 Å². The SMILES string of the molecule is CCCc1ccc(S(=O)(=O)Nc2nnc(-c3cccnc3)s2)cc1.